The highest BCUT2D eigenvalue weighted by atomic mass is 35.6. The summed E-state index contributed by atoms with van der Waals surface area (Å²) in [6.45, 7) is 1.92. The van der Waals surface area contributed by atoms with Crippen LogP contribution in [0.5, 0.6) is 0 Å². The lowest BCUT2D eigenvalue weighted by atomic mass is 10.2. The normalized spacial score (nSPS) is 12.6. The van der Waals surface area contributed by atoms with Crippen molar-refractivity contribution in [1.29, 1.82) is 0 Å². The van der Waals surface area contributed by atoms with Crippen molar-refractivity contribution < 1.29 is 9.18 Å². The molecule has 2 N–H and O–H groups in total. The Morgan fingerprint density at radius 1 is 1.13 bits per heavy atom. The van der Waals surface area contributed by atoms with E-state index in [0.29, 0.717) is 5.69 Å². The summed E-state index contributed by atoms with van der Waals surface area (Å²) in [5.41, 5.74) is 1.97. The largest absolute Gasteiger partial charge is 0.362 e. The van der Waals surface area contributed by atoms with Gasteiger partial charge in [0.1, 0.15) is 12.0 Å². The van der Waals surface area contributed by atoms with Crippen molar-refractivity contribution in [3.8, 4) is 0 Å². The van der Waals surface area contributed by atoms with Crippen LogP contribution in [0.15, 0.2) is 48.5 Å². The van der Waals surface area contributed by atoms with Gasteiger partial charge in [-0.25, -0.2) is 4.39 Å². The number of carbonyl (C=O) groups excluding carboxylic acids is 1. The van der Waals surface area contributed by atoms with E-state index in [0.717, 1.165) is 5.56 Å². The Kier molecular flexibility index (Phi) is 5.74. The molecule has 0 saturated heterocycles. The number of alkyl halides is 3. The molecule has 2 aromatic carbocycles. The van der Waals surface area contributed by atoms with Gasteiger partial charge in [0, 0.05) is 11.3 Å². The summed E-state index contributed by atoms with van der Waals surface area (Å²) in [6.07, 6.45) is -0.966. The second-order valence-corrected chi connectivity index (χ2v) is 7.34. The molecule has 7 heteroatoms. The maximum atomic E-state index is 12.9. The van der Waals surface area contributed by atoms with E-state index in [9.17, 15) is 9.18 Å². The first kappa shape index (κ1) is 17.9. The summed E-state index contributed by atoms with van der Waals surface area (Å²) < 4.78 is 11.1. The molecular formula is C16H14Cl3FN2O. The fraction of sp³-hybridized carbons (Fsp3) is 0.188. The summed E-state index contributed by atoms with van der Waals surface area (Å²) >= 11 is 17.8. The molecule has 1 amide bonds. The third-order valence-electron chi connectivity index (χ3n) is 3.04. The van der Waals surface area contributed by atoms with Gasteiger partial charge in [-0.15, -0.1) is 0 Å². The Labute approximate surface area is 148 Å². The molecular weight excluding hydrogens is 362 g/mol. The van der Waals surface area contributed by atoms with E-state index < -0.39 is 21.7 Å². The molecule has 1 unspecified atom stereocenters. The van der Waals surface area contributed by atoms with Crippen LogP contribution >= 0.6 is 34.8 Å². The van der Waals surface area contributed by atoms with Gasteiger partial charge < -0.3 is 10.6 Å². The Morgan fingerprint density at radius 2 is 1.78 bits per heavy atom. The maximum Gasteiger partial charge on any atom is 0.252 e. The zero-order valence-electron chi connectivity index (χ0n) is 12.1. The third-order valence-corrected chi connectivity index (χ3v) is 3.69. The van der Waals surface area contributed by atoms with Gasteiger partial charge in [0.25, 0.3) is 5.91 Å². The van der Waals surface area contributed by atoms with Gasteiger partial charge in [-0.1, -0.05) is 46.9 Å². The Morgan fingerprint density at radius 3 is 2.35 bits per heavy atom. The van der Waals surface area contributed by atoms with Crippen molar-refractivity contribution in [2.24, 2.45) is 0 Å². The first-order valence-electron chi connectivity index (χ1n) is 6.72. The predicted octanol–water partition coefficient (Wildman–Crippen LogP) is 4.67. The molecule has 0 aromatic heterocycles. The number of nitrogens with one attached hydrogen (secondary N) is 2. The molecule has 2 aromatic rings. The Hall–Kier alpha value is -1.49. The van der Waals surface area contributed by atoms with Crippen LogP contribution in [0.4, 0.5) is 10.1 Å². The first-order valence-corrected chi connectivity index (χ1v) is 7.85. The van der Waals surface area contributed by atoms with E-state index in [1.165, 1.54) is 24.3 Å². The van der Waals surface area contributed by atoms with Crippen LogP contribution in [0.3, 0.4) is 0 Å². The second kappa shape index (κ2) is 7.39. The molecule has 0 aliphatic rings. The van der Waals surface area contributed by atoms with Gasteiger partial charge in [0.2, 0.25) is 3.79 Å². The summed E-state index contributed by atoms with van der Waals surface area (Å²) in [6, 6.07) is 12.5. The number of rotatable bonds is 4. The number of carbonyl (C=O) groups is 1. The van der Waals surface area contributed by atoms with E-state index in [4.69, 9.17) is 34.8 Å². The quantitative estimate of drug-likeness (QED) is 0.602. The topological polar surface area (TPSA) is 41.1 Å². The molecule has 0 aliphatic carbocycles. The Bertz CT molecular complexity index is 686. The van der Waals surface area contributed by atoms with Gasteiger partial charge in [-0.2, -0.15) is 0 Å². The lowest BCUT2D eigenvalue weighted by molar-refractivity contribution is 0.0942. The highest BCUT2D eigenvalue weighted by Gasteiger charge is 2.34. The second-order valence-electron chi connectivity index (χ2n) is 4.97. The molecule has 122 valence electrons. The fourth-order valence-corrected chi connectivity index (χ4v) is 2.24. The van der Waals surface area contributed by atoms with Gasteiger partial charge in [-0.3, -0.25) is 4.79 Å². The molecule has 0 radical (unpaired) electrons. The van der Waals surface area contributed by atoms with Crippen molar-refractivity contribution in [2.45, 2.75) is 16.9 Å². The summed E-state index contributed by atoms with van der Waals surface area (Å²) in [7, 11) is 0. The lowest BCUT2D eigenvalue weighted by Gasteiger charge is -2.27. The number of hydrogen-bond donors (Lipinski definition) is 2. The molecule has 0 spiro atoms. The zero-order valence-corrected chi connectivity index (χ0v) is 14.4. The van der Waals surface area contributed by atoms with Crippen LogP contribution in [0.25, 0.3) is 0 Å². The van der Waals surface area contributed by atoms with Gasteiger partial charge in [-0.05, 0) is 48.9 Å². The SMILES string of the molecule is Cc1cccc(NC(NC(=O)c2ccc(F)cc2)C(Cl)(Cl)Cl)c1. The first-order chi connectivity index (χ1) is 10.8. The van der Waals surface area contributed by atoms with Gasteiger partial charge >= 0.3 is 0 Å². The minimum Gasteiger partial charge on any atom is -0.362 e. The van der Waals surface area contributed by atoms with Crippen molar-refractivity contribution in [3.63, 3.8) is 0 Å². The van der Waals surface area contributed by atoms with Crippen molar-refractivity contribution in [2.75, 3.05) is 5.32 Å². The molecule has 1 atom stereocenters. The number of halogens is 4. The fourth-order valence-electron chi connectivity index (χ4n) is 1.92. The van der Waals surface area contributed by atoms with E-state index in [1.807, 2.05) is 25.1 Å². The van der Waals surface area contributed by atoms with Gasteiger partial charge in [0.05, 0.1) is 0 Å². The van der Waals surface area contributed by atoms with Crippen LogP contribution in [0.2, 0.25) is 0 Å². The molecule has 0 fully saturated rings. The number of aryl methyl sites for hydroxylation is 1. The third kappa shape index (κ3) is 5.27. The predicted molar refractivity (Wildman–Crippen MR) is 92.7 cm³/mol. The van der Waals surface area contributed by atoms with Crippen LogP contribution < -0.4 is 10.6 Å². The average Bonchev–Trinajstić information content (AvgIpc) is 2.46. The molecule has 0 saturated carbocycles. The standard InChI is InChI=1S/C16H14Cl3FN2O/c1-10-3-2-4-13(9-10)21-15(16(17,18)19)22-14(23)11-5-7-12(20)8-6-11/h2-9,15,21H,1H3,(H,22,23). The minimum atomic E-state index is -1.78. The smallest absolute Gasteiger partial charge is 0.252 e. The van der Waals surface area contributed by atoms with E-state index >= 15 is 0 Å². The summed E-state index contributed by atoms with van der Waals surface area (Å²) in [5, 5.41) is 5.56. The van der Waals surface area contributed by atoms with Gasteiger partial charge in [0.15, 0.2) is 0 Å². The Balaban J connectivity index is 2.16. The molecule has 0 heterocycles. The molecule has 23 heavy (non-hydrogen) atoms. The van der Waals surface area contributed by atoms with E-state index in [2.05, 4.69) is 10.6 Å². The van der Waals surface area contributed by atoms with E-state index in [1.54, 1.807) is 6.07 Å². The lowest BCUT2D eigenvalue weighted by Crippen LogP contribution is -2.49. The molecule has 0 aliphatic heterocycles. The van der Waals surface area contributed by atoms with Crippen molar-refractivity contribution in [1.82, 2.24) is 5.32 Å². The number of anilines is 1. The summed E-state index contributed by atoms with van der Waals surface area (Å²) in [5.74, 6) is -0.918. The van der Waals surface area contributed by atoms with Crippen molar-refractivity contribution in [3.05, 3.63) is 65.5 Å². The minimum absolute atomic E-state index is 0.261. The highest BCUT2D eigenvalue weighted by molar-refractivity contribution is 6.68. The zero-order chi connectivity index (χ0) is 17.0. The van der Waals surface area contributed by atoms with Crippen LogP contribution in [-0.4, -0.2) is 15.9 Å². The van der Waals surface area contributed by atoms with Crippen LogP contribution in [0.1, 0.15) is 15.9 Å². The molecule has 0 bridgehead atoms. The maximum absolute atomic E-state index is 12.9. The highest BCUT2D eigenvalue weighted by Crippen LogP contribution is 2.31. The van der Waals surface area contributed by atoms with E-state index in [-0.39, 0.29) is 5.56 Å². The number of amides is 1. The number of hydrogen-bond acceptors (Lipinski definition) is 2. The molecule has 3 nitrogen and oxygen atoms in total. The number of benzene rings is 2. The van der Waals surface area contributed by atoms with Crippen LogP contribution in [-0.2, 0) is 0 Å². The average molecular weight is 376 g/mol. The van der Waals surface area contributed by atoms with Crippen LogP contribution in [0, 0.1) is 12.7 Å². The molecule has 2 rings (SSSR count). The van der Waals surface area contributed by atoms with Crippen molar-refractivity contribution >= 4 is 46.4 Å². The summed E-state index contributed by atoms with van der Waals surface area (Å²) in [4.78, 5) is 12.2. The monoisotopic (exact) mass is 374 g/mol.